The van der Waals surface area contributed by atoms with E-state index in [0.717, 1.165) is 12.1 Å². The minimum atomic E-state index is -4.50. The molecule has 2 rings (SSSR count). The summed E-state index contributed by atoms with van der Waals surface area (Å²) in [6.45, 7) is -0.296. The third-order valence-electron chi connectivity index (χ3n) is 5.20. The number of allylic oxidation sites excluding steroid dienone is 3. The largest absolute Gasteiger partial charge is 0.491 e. The van der Waals surface area contributed by atoms with Crippen LogP contribution in [0.5, 0.6) is 5.75 Å². The highest BCUT2D eigenvalue weighted by Gasteiger charge is 2.39. The molecule has 0 spiro atoms. The highest BCUT2D eigenvalue weighted by atomic mass is 19.4. The molecule has 0 heterocycles. The van der Waals surface area contributed by atoms with Crippen LogP contribution in [0.1, 0.15) is 37.7 Å². The molecule has 3 N–H and O–H groups in total. The minimum Gasteiger partial charge on any atom is -0.491 e. The van der Waals surface area contributed by atoms with Crippen LogP contribution in [0.2, 0.25) is 0 Å². The van der Waals surface area contributed by atoms with Crippen LogP contribution in [0.3, 0.4) is 0 Å². The Kier molecular flexibility index (Phi) is 9.46. The number of benzene rings is 1. The standard InChI is InChI=1S/C23H27F3O6/c24-23(25,26)15-6-5-7-17(12-15)32-14-16(27)10-11-19-18(20(28)13-21(19)29)8-3-1-2-4-9-22(30)31/h1,3,5-7,10-12,16,18-20,27-28H,2,4,8-9,13-14H2,(H,30,31)/t16-,18+,19+,20-/m0/s1. The van der Waals surface area contributed by atoms with Crippen molar-refractivity contribution < 1.29 is 42.8 Å². The van der Waals surface area contributed by atoms with Crippen molar-refractivity contribution in [3.8, 4) is 5.75 Å². The molecule has 1 aliphatic rings. The van der Waals surface area contributed by atoms with E-state index in [1.54, 1.807) is 0 Å². The van der Waals surface area contributed by atoms with Crippen LogP contribution in [0, 0.1) is 11.8 Å². The average molecular weight is 456 g/mol. The van der Waals surface area contributed by atoms with E-state index >= 15 is 0 Å². The van der Waals surface area contributed by atoms with E-state index in [1.807, 2.05) is 12.2 Å². The lowest BCUT2D eigenvalue weighted by molar-refractivity contribution is -0.138. The molecule has 4 atom stereocenters. The highest BCUT2D eigenvalue weighted by molar-refractivity contribution is 5.86. The fourth-order valence-corrected chi connectivity index (χ4v) is 3.52. The number of carbonyl (C=O) groups is 2. The van der Waals surface area contributed by atoms with Crippen molar-refractivity contribution in [2.45, 2.75) is 50.5 Å². The molecule has 1 aliphatic carbocycles. The van der Waals surface area contributed by atoms with Crippen molar-refractivity contribution in [3.63, 3.8) is 0 Å². The molecule has 0 amide bonds. The number of rotatable bonds is 11. The van der Waals surface area contributed by atoms with Crippen LogP contribution in [0.25, 0.3) is 0 Å². The summed E-state index contributed by atoms with van der Waals surface area (Å²) in [5.41, 5.74) is -0.857. The first-order valence-corrected chi connectivity index (χ1v) is 10.3. The number of unbranched alkanes of at least 4 members (excludes halogenated alkanes) is 1. The molecule has 176 valence electrons. The lowest BCUT2D eigenvalue weighted by atomic mass is 9.90. The molecule has 6 nitrogen and oxygen atoms in total. The number of Topliss-reactive ketones (excluding diaryl/α,β-unsaturated/α-hetero) is 1. The van der Waals surface area contributed by atoms with Gasteiger partial charge in [0.05, 0.1) is 11.7 Å². The second-order valence-electron chi connectivity index (χ2n) is 7.71. The number of aliphatic hydroxyl groups is 2. The van der Waals surface area contributed by atoms with Crippen LogP contribution >= 0.6 is 0 Å². The number of hydrogen-bond acceptors (Lipinski definition) is 5. The first-order valence-electron chi connectivity index (χ1n) is 10.3. The maximum absolute atomic E-state index is 12.7. The molecule has 0 aromatic heterocycles. The summed E-state index contributed by atoms with van der Waals surface area (Å²) >= 11 is 0. The van der Waals surface area contributed by atoms with Gasteiger partial charge in [0, 0.05) is 24.7 Å². The van der Waals surface area contributed by atoms with Gasteiger partial charge in [-0.1, -0.05) is 30.4 Å². The van der Waals surface area contributed by atoms with Crippen LogP contribution in [0.4, 0.5) is 13.2 Å². The zero-order valence-corrected chi connectivity index (χ0v) is 17.4. The zero-order chi connectivity index (χ0) is 23.7. The van der Waals surface area contributed by atoms with Gasteiger partial charge >= 0.3 is 12.1 Å². The number of ether oxygens (including phenoxy) is 1. The normalized spacial score (nSPS) is 22.7. The number of carboxylic acid groups (broad SMARTS) is 1. The van der Waals surface area contributed by atoms with Gasteiger partial charge in [0.1, 0.15) is 24.2 Å². The van der Waals surface area contributed by atoms with Crippen LogP contribution < -0.4 is 4.74 Å². The van der Waals surface area contributed by atoms with Gasteiger partial charge in [0.15, 0.2) is 0 Å². The van der Waals surface area contributed by atoms with Crippen molar-refractivity contribution in [1.82, 2.24) is 0 Å². The number of alkyl halides is 3. The zero-order valence-electron chi connectivity index (χ0n) is 17.4. The third-order valence-corrected chi connectivity index (χ3v) is 5.20. The molecule has 1 aromatic rings. The van der Waals surface area contributed by atoms with Crippen molar-refractivity contribution in [3.05, 3.63) is 54.1 Å². The third kappa shape index (κ3) is 8.12. The summed E-state index contributed by atoms with van der Waals surface area (Å²) in [6, 6.07) is 4.31. The van der Waals surface area contributed by atoms with Crippen molar-refractivity contribution in [1.29, 1.82) is 0 Å². The van der Waals surface area contributed by atoms with E-state index in [9.17, 15) is 33.0 Å². The van der Waals surface area contributed by atoms with Gasteiger partial charge in [-0.2, -0.15) is 13.2 Å². The van der Waals surface area contributed by atoms with Crippen LogP contribution in [0.15, 0.2) is 48.6 Å². The molecule has 32 heavy (non-hydrogen) atoms. The number of hydrogen-bond donors (Lipinski definition) is 3. The number of aliphatic hydroxyl groups excluding tert-OH is 2. The number of carboxylic acids is 1. The maximum Gasteiger partial charge on any atom is 0.416 e. The summed E-state index contributed by atoms with van der Waals surface area (Å²) < 4.78 is 43.5. The van der Waals surface area contributed by atoms with Crippen LogP contribution in [-0.2, 0) is 15.8 Å². The van der Waals surface area contributed by atoms with Gasteiger partial charge in [-0.3, -0.25) is 9.59 Å². The van der Waals surface area contributed by atoms with Crippen molar-refractivity contribution >= 4 is 11.8 Å². The monoisotopic (exact) mass is 456 g/mol. The molecule has 1 aromatic carbocycles. The maximum atomic E-state index is 12.7. The van der Waals surface area contributed by atoms with Gasteiger partial charge in [-0.25, -0.2) is 0 Å². The summed E-state index contributed by atoms with van der Waals surface area (Å²) in [5.74, 6) is -2.03. The van der Waals surface area contributed by atoms with E-state index in [2.05, 4.69) is 0 Å². The fourth-order valence-electron chi connectivity index (χ4n) is 3.52. The Labute approximate surface area is 184 Å². The number of ketones is 1. The van der Waals surface area contributed by atoms with E-state index in [-0.39, 0.29) is 36.9 Å². The number of carbonyl (C=O) groups excluding carboxylic acids is 1. The predicted octanol–water partition coefficient (Wildman–Crippen LogP) is 3.77. The molecule has 0 radical (unpaired) electrons. The summed E-state index contributed by atoms with van der Waals surface area (Å²) in [5, 5.41) is 28.9. The molecule has 0 aliphatic heterocycles. The first kappa shape index (κ1) is 25.6. The summed E-state index contributed by atoms with van der Waals surface area (Å²) in [6.07, 6.45) is 1.58. The van der Waals surface area contributed by atoms with E-state index in [4.69, 9.17) is 9.84 Å². The SMILES string of the molecule is O=C(O)CCCC=CC[C@H]1[C@@H](O)CC(=O)[C@@H]1C=C[C@H](O)COc1cccc(C(F)(F)F)c1. The Morgan fingerprint density at radius 2 is 2.03 bits per heavy atom. The van der Waals surface area contributed by atoms with Gasteiger partial charge in [-0.15, -0.1) is 0 Å². The van der Waals surface area contributed by atoms with E-state index < -0.39 is 35.8 Å². The number of halogens is 3. The molecule has 0 bridgehead atoms. The Hall–Kier alpha value is -2.65. The molecule has 1 fully saturated rings. The Balaban J connectivity index is 1.88. The van der Waals surface area contributed by atoms with Crippen LogP contribution in [-0.4, -0.2) is 45.9 Å². The molecule has 0 unspecified atom stereocenters. The lowest BCUT2D eigenvalue weighted by Crippen LogP contribution is -2.20. The van der Waals surface area contributed by atoms with Gasteiger partial charge in [0.25, 0.3) is 0 Å². The van der Waals surface area contributed by atoms with E-state index in [1.165, 1.54) is 24.3 Å². The topological polar surface area (TPSA) is 104 Å². The van der Waals surface area contributed by atoms with Gasteiger partial charge < -0.3 is 20.1 Å². The van der Waals surface area contributed by atoms with Crippen molar-refractivity contribution in [2.75, 3.05) is 6.61 Å². The average Bonchev–Trinajstić information content (AvgIpc) is 2.99. The molecular weight excluding hydrogens is 429 g/mol. The van der Waals surface area contributed by atoms with Gasteiger partial charge in [-0.05, 0) is 37.5 Å². The fraction of sp³-hybridized carbons (Fsp3) is 0.478. The minimum absolute atomic E-state index is 0.00333. The Morgan fingerprint density at radius 1 is 1.28 bits per heavy atom. The van der Waals surface area contributed by atoms with Gasteiger partial charge in [0.2, 0.25) is 0 Å². The molecular formula is C23H27F3O6. The lowest BCUT2D eigenvalue weighted by Gasteiger charge is -2.17. The second kappa shape index (κ2) is 11.8. The Bertz CT molecular complexity index is 833. The molecule has 1 saturated carbocycles. The highest BCUT2D eigenvalue weighted by Crippen LogP contribution is 2.34. The molecule has 9 heteroatoms. The quantitative estimate of drug-likeness (QED) is 0.346. The summed E-state index contributed by atoms with van der Waals surface area (Å²) in [7, 11) is 0. The smallest absolute Gasteiger partial charge is 0.416 e. The number of aliphatic carboxylic acids is 1. The molecule has 0 saturated heterocycles. The predicted molar refractivity (Wildman–Crippen MR) is 110 cm³/mol. The Morgan fingerprint density at radius 3 is 2.72 bits per heavy atom. The first-order chi connectivity index (χ1) is 15.1. The van der Waals surface area contributed by atoms with Crippen molar-refractivity contribution in [2.24, 2.45) is 11.8 Å². The second-order valence-corrected chi connectivity index (χ2v) is 7.71. The summed E-state index contributed by atoms with van der Waals surface area (Å²) in [4.78, 5) is 22.7. The van der Waals surface area contributed by atoms with E-state index in [0.29, 0.717) is 19.3 Å².